The summed E-state index contributed by atoms with van der Waals surface area (Å²) in [6.07, 6.45) is 1.93. The zero-order chi connectivity index (χ0) is 16.1. The Hall–Kier alpha value is -1.52. The van der Waals surface area contributed by atoms with Crippen molar-refractivity contribution < 1.29 is 9.59 Å². The minimum atomic E-state index is -0.736. The molecule has 0 bridgehead atoms. The minimum absolute atomic E-state index is 0.180. The average molecular weight is 422 g/mol. The number of halogens is 2. The predicted octanol–water partition coefficient (Wildman–Crippen LogP) is 5.47. The molecule has 2 aromatic carbocycles. The zero-order valence-corrected chi connectivity index (χ0v) is 14.9. The number of rotatable bonds is 6. The smallest absolute Gasteiger partial charge is 0.174 e. The van der Waals surface area contributed by atoms with Gasteiger partial charge < -0.3 is 0 Å². The van der Waals surface area contributed by atoms with Gasteiger partial charge in [-0.25, -0.2) is 0 Å². The summed E-state index contributed by atoms with van der Waals surface area (Å²) in [7, 11) is 0. The van der Waals surface area contributed by atoms with E-state index in [0.29, 0.717) is 17.5 Å². The lowest BCUT2D eigenvalue weighted by Gasteiger charge is -2.13. The molecule has 0 saturated heterocycles. The summed E-state index contributed by atoms with van der Waals surface area (Å²) in [5.41, 5.74) is 1.06. The molecule has 0 heterocycles. The van der Waals surface area contributed by atoms with Crippen LogP contribution in [0.25, 0.3) is 0 Å². The molecule has 0 radical (unpaired) electrons. The number of ketones is 2. The van der Waals surface area contributed by atoms with E-state index in [2.05, 4.69) is 38.4 Å². The highest BCUT2D eigenvalue weighted by Gasteiger charge is 2.27. The second-order valence-corrected chi connectivity index (χ2v) is 6.65. The minimum Gasteiger partial charge on any atom is -0.293 e. The Kier molecular flexibility index (Phi) is 5.86. The summed E-state index contributed by atoms with van der Waals surface area (Å²) in [5, 5.41) is 0. The van der Waals surface area contributed by atoms with Gasteiger partial charge in [0.1, 0.15) is 0 Å². The quantitative estimate of drug-likeness (QED) is 0.352. The van der Waals surface area contributed by atoms with Gasteiger partial charge in [0.2, 0.25) is 0 Å². The fourth-order valence-corrected chi connectivity index (χ4v) is 2.66. The molecular weight excluding hydrogens is 408 g/mol. The largest absolute Gasteiger partial charge is 0.293 e. The first-order valence-electron chi connectivity index (χ1n) is 6.73. The third-order valence-corrected chi connectivity index (χ3v) is 4.35. The maximum Gasteiger partial charge on any atom is 0.174 e. The predicted molar refractivity (Wildman–Crippen MR) is 95.2 cm³/mol. The van der Waals surface area contributed by atoms with E-state index in [4.69, 9.17) is 0 Å². The van der Waals surface area contributed by atoms with Gasteiger partial charge in [-0.05, 0) is 30.7 Å². The maximum absolute atomic E-state index is 12.6. The standard InChI is InChI=1S/C18H14Br2O2/c1-2-3-16(17(21)12-4-8-14(19)9-5-12)18(22)13-6-10-15(20)11-7-13/h2,4-11,16H,1,3H2. The first kappa shape index (κ1) is 16.8. The van der Waals surface area contributed by atoms with E-state index in [-0.39, 0.29) is 11.6 Å². The normalized spacial score (nSPS) is 10.5. The summed E-state index contributed by atoms with van der Waals surface area (Å²) in [6, 6.07) is 14.1. The van der Waals surface area contributed by atoms with Crippen molar-refractivity contribution in [1.82, 2.24) is 0 Å². The van der Waals surface area contributed by atoms with Crippen molar-refractivity contribution in [3.63, 3.8) is 0 Å². The molecule has 0 fully saturated rings. The van der Waals surface area contributed by atoms with Gasteiger partial charge in [0.25, 0.3) is 0 Å². The monoisotopic (exact) mass is 420 g/mol. The summed E-state index contributed by atoms with van der Waals surface area (Å²) in [6.45, 7) is 3.66. The topological polar surface area (TPSA) is 34.1 Å². The zero-order valence-electron chi connectivity index (χ0n) is 11.8. The van der Waals surface area contributed by atoms with E-state index in [1.165, 1.54) is 0 Å². The molecule has 2 rings (SSSR count). The Morgan fingerprint density at radius 3 is 1.55 bits per heavy atom. The first-order valence-corrected chi connectivity index (χ1v) is 8.32. The Bertz CT molecular complexity index is 631. The highest BCUT2D eigenvalue weighted by atomic mass is 79.9. The number of Topliss-reactive ketones (excluding diaryl/α,β-unsaturated/α-hetero) is 2. The lowest BCUT2D eigenvalue weighted by Crippen LogP contribution is -2.24. The molecule has 2 aromatic rings. The third-order valence-electron chi connectivity index (χ3n) is 3.29. The molecule has 0 saturated carbocycles. The summed E-state index contributed by atoms with van der Waals surface area (Å²) in [4.78, 5) is 25.3. The molecule has 0 aliphatic heterocycles. The van der Waals surface area contributed by atoms with Crippen molar-refractivity contribution in [3.8, 4) is 0 Å². The third kappa shape index (κ3) is 4.02. The molecule has 0 aromatic heterocycles. The van der Waals surface area contributed by atoms with E-state index >= 15 is 0 Å². The summed E-state index contributed by atoms with van der Waals surface area (Å²) >= 11 is 6.67. The number of hydrogen-bond donors (Lipinski definition) is 0. The average Bonchev–Trinajstić information content (AvgIpc) is 2.53. The molecule has 22 heavy (non-hydrogen) atoms. The van der Waals surface area contributed by atoms with Gasteiger partial charge in [-0.1, -0.05) is 62.2 Å². The van der Waals surface area contributed by atoms with Crippen molar-refractivity contribution in [1.29, 1.82) is 0 Å². The van der Waals surface area contributed by atoms with Crippen LogP contribution in [0.3, 0.4) is 0 Å². The Balaban J connectivity index is 2.30. The molecule has 0 N–H and O–H groups in total. The number of carbonyl (C=O) groups is 2. The molecule has 0 aliphatic carbocycles. The summed E-state index contributed by atoms with van der Waals surface area (Å²) < 4.78 is 1.78. The van der Waals surface area contributed by atoms with Crippen LogP contribution in [0.4, 0.5) is 0 Å². The van der Waals surface area contributed by atoms with Crippen LogP contribution in [-0.4, -0.2) is 11.6 Å². The molecular formula is C18H14Br2O2. The Labute approximate surface area is 146 Å². The van der Waals surface area contributed by atoms with Crippen LogP contribution in [0.15, 0.2) is 70.1 Å². The molecule has 2 nitrogen and oxygen atoms in total. The van der Waals surface area contributed by atoms with Gasteiger partial charge in [0.15, 0.2) is 11.6 Å². The molecule has 0 spiro atoms. The van der Waals surface area contributed by atoms with E-state index in [9.17, 15) is 9.59 Å². The molecule has 112 valence electrons. The van der Waals surface area contributed by atoms with Gasteiger partial charge in [0, 0.05) is 20.1 Å². The van der Waals surface area contributed by atoms with E-state index in [1.807, 2.05) is 0 Å². The molecule has 0 amide bonds. The number of allylic oxidation sites excluding steroid dienone is 1. The van der Waals surface area contributed by atoms with E-state index in [0.717, 1.165) is 8.95 Å². The van der Waals surface area contributed by atoms with Crippen LogP contribution in [0.2, 0.25) is 0 Å². The van der Waals surface area contributed by atoms with Crippen LogP contribution < -0.4 is 0 Å². The van der Waals surface area contributed by atoms with Crippen LogP contribution in [0.1, 0.15) is 27.1 Å². The highest BCUT2D eigenvalue weighted by molar-refractivity contribution is 9.10. The SMILES string of the molecule is C=CCC(C(=O)c1ccc(Br)cc1)C(=O)c1ccc(Br)cc1. The van der Waals surface area contributed by atoms with Gasteiger partial charge >= 0.3 is 0 Å². The second-order valence-electron chi connectivity index (χ2n) is 4.82. The van der Waals surface area contributed by atoms with Gasteiger partial charge in [-0.2, -0.15) is 0 Å². The molecule has 0 atom stereocenters. The van der Waals surface area contributed by atoms with Crippen molar-refractivity contribution >= 4 is 43.4 Å². The van der Waals surface area contributed by atoms with Gasteiger partial charge in [-0.3, -0.25) is 9.59 Å². The van der Waals surface area contributed by atoms with E-state index in [1.54, 1.807) is 54.6 Å². The van der Waals surface area contributed by atoms with E-state index < -0.39 is 5.92 Å². The maximum atomic E-state index is 12.6. The second kappa shape index (κ2) is 7.65. The molecule has 4 heteroatoms. The fraction of sp³-hybridized carbons (Fsp3) is 0.111. The van der Waals surface area contributed by atoms with Crippen molar-refractivity contribution in [2.24, 2.45) is 5.92 Å². The number of hydrogen-bond acceptors (Lipinski definition) is 2. The van der Waals surface area contributed by atoms with Crippen molar-refractivity contribution in [2.45, 2.75) is 6.42 Å². The van der Waals surface area contributed by atoms with Gasteiger partial charge in [-0.15, -0.1) is 6.58 Å². The van der Waals surface area contributed by atoms with Crippen molar-refractivity contribution in [2.75, 3.05) is 0 Å². The van der Waals surface area contributed by atoms with Crippen LogP contribution in [0, 0.1) is 5.92 Å². The van der Waals surface area contributed by atoms with Gasteiger partial charge in [0.05, 0.1) is 5.92 Å². The number of carbonyl (C=O) groups excluding carboxylic acids is 2. The summed E-state index contributed by atoms with van der Waals surface area (Å²) in [5.74, 6) is -1.10. The van der Waals surface area contributed by atoms with Crippen LogP contribution in [0.5, 0.6) is 0 Å². The lowest BCUT2D eigenvalue weighted by atomic mass is 9.87. The van der Waals surface area contributed by atoms with Crippen molar-refractivity contribution in [3.05, 3.63) is 81.3 Å². The first-order chi connectivity index (χ1) is 10.5. The molecule has 0 aliphatic rings. The number of benzene rings is 2. The van der Waals surface area contributed by atoms with Crippen LogP contribution in [-0.2, 0) is 0 Å². The Morgan fingerprint density at radius 2 is 1.23 bits per heavy atom. The molecule has 0 unspecified atom stereocenters. The highest BCUT2D eigenvalue weighted by Crippen LogP contribution is 2.21. The lowest BCUT2D eigenvalue weighted by molar-refractivity contribution is 0.0809. The Morgan fingerprint density at radius 1 is 0.864 bits per heavy atom. The fourth-order valence-electron chi connectivity index (χ4n) is 2.13. The van der Waals surface area contributed by atoms with Crippen LogP contribution >= 0.6 is 31.9 Å².